The SMILES string of the molecule is C=C(c1ccccc1)c1ccc([Si](OC)(OC)OC)cc1. The molecule has 4 heteroatoms. The fourth-order valence-corrected chi connectivity index (χ4v) is 4.07. The minimum Gasteiger partial charge on any atom is -0.373 e. The first-order valence-corrected chi connectivity index (χ1v) is 8.40. The molecule has 0 saturated heterocycles. The van der Waals surface area contributed by atoms with Crippen molar-refractivity contribution in [1.82, 2.24) is 0 Å². The molecule has 0 amide bonds. The summed E-state index contributed by atoms with van der Waals surface area (Å²) in [6.07, 6.45) is 0. The van der Waals surface area contributed by atoms with Crippen molar-refractivity contribution in [2.75, 3.05) is 21.3 Å². The van der Waals surface area contributed by atoms with Gasteiger partial charge in [-0.25, -0.2) is 0 Å². The van der Waals surface area contributed by atoms with Crippen LogP contribution in [0.3, 0.4) is 0 Å². The summed E-state index contributed by atoms with van der Waals surface area (Å²) in [5.41, 5.74) is 3.16. The average molecular weight is 300 g/mol. The Labute approximate surface area is 127 Å². The maximum atomic E-state index is 5.48. The molecule has 0 heterocycles. The summed E-state index contributed by atoms with van der Waals surface area (Å²) in [7, 11) is 2.06. The van der Waals surface area contributed by atoms with Gasteiger partial charge >= 0.3 is 8.80 Å². The number of rotatable bonds is 6. The van der Waals surface area contributed by atoms with Gasteiger partial charge in [-0.3, -0.25) is 0 Å². The number of hydrogen-bond acceptors (Lipinski definition) is 3. The lowest BCUT2D eigenvalue weighted by molar-refractivity contribution is 0.140. The number of benzene rings is 2. The van der Waals surface area contributed by atoms with E-state index in [1.807, 2.05) is 42.5 Å². The van der Waals surface area contributed by atoms with Crippen LogP contribution < -0.4 is 5.19 Å². The fourth-order valence-electron chi connectivity index (χ4n) is 2.29. The molecule has 0 saturated carbocycles. The van der Waals surface area contributed by atoms with E-state index < -0.39 is 8.80 Å². The molecule has 0 bridgehead atoms. The van der Waals surface area contributed by atoms with Gasteiger partial charge in [0.2, 0.25) is 0 Å². The van der Waals surface area contributed by atoms with Crippen molar-refractivity contribution in [3.05, 3.63) is 72.3 Å². The fraction of sp³-hybridized carbons (Fsp3) is 0.176. The van der Waals surface area contributed by atoms with Crippen molar-refractivity contribution in [2.24, 2.45) is 0 Å². The molecule has 0 aliphatic rings. The molecule has 21 heavy (non-hydrogen) atoms. The molecular formula is C17H20O3Si. The minimum atomic E-state index is -2.76. The van der Waals surface area contributed by atoms with Crippen LogP contribution in [0.15, 0.2) is 61.2 Å². The van der Waals surface area contributed by atoms with E-state index in [4.69, 9.17) is 13.3 Å². The van der Waals surface area contributed by atoms with E-state index in [0.29, 0.717) is 0 Å². The topological polar surface area (TPSA) is 27.7 Å². The quantitative estimate of drug-likeness (QED) is 0.768. The summed E-state index contributed by atoms with van der Waals surface area (Å²) in [5.74, 6) is 0. The van der Waals surface area contributed by atoms with Gasteiger partial charge in [0.05, 0.1) is 0 Å². The first-order valence-electron chi connectivity index (χ1n) is 6.67. The van der Waals surface area contributed by atoms with Crippen molar-refractivity contribution < 1.29 is 13.3 Å². The zero-order valence-corrected chi connectivity index (χ0v) is 13.6. The van der Waals surface area contributed by atoms with Gasteiger partial charge in [-0.05, 0) is 16.7 Å². The zero-order valence-electron chi connectivity index (χ0n) is 12.6. The van der Waals surface area contributed by atoms with E-state index in [2.05, 4.69) is 18.7 Å². The molecule has 0 aliphatic carbocycles. The normalized spacial score (nSPS) is 11.4. The molecule has 0 aromatic heterocycles. The highest BCUT2D eigenvalue weighted by atomic mass is 28.4. The molecule has 0 unspecified atom stereocenters. The first-order chi connectivity index (χ1) is 10.2. The van der Waals surface area contributed by atoms with E-state index in [1.54, 1.807) is 21.3 Å². The second-order valence-electron chi connectivity index (χ2n) is 4.59. The highest BCUT2D eigenvalue weighted by Crippen LogP contribution is 2.21. The third-order valence-corrected chi connectivity index (χ3v) is 6.17. The second-order valence-corrected chi connectivity index (χ2v) is 7.50. The van der Waals surface area contributed by atoms with Gasteiger partial charge in [0, 0.05) is 26.5 Å². The van der Waals surface area contributed by atoms with Gasteiger partial charge in [-0.15, -0.1) is 0 Å². The molecule has 0 radical (unpaired) electrons. The molecule has 2 rings (SSSR count). The summed E-state index contributed by atoms with van der Waals surface area (Å²) in [5, 5.41) is 0.930. The van der Waals surface area contributed by atoms with E-state index in [0.717, 1.165) is 21.9 Å². The Hall–Kier alpha value is -1.72. The Bertz CT molecular complexity index is 581. The van der Waals surface area contributed by atoms with Crippen molar-refractivity contribution in [3.63, 3.8) is 0 Å². The van der Waals surface area contributed by atoms with Gasteiger partial charge in [0.15, 0.2) is 0 Å². The van der Waals surface area contributed by atoms with Crippen LogP contribution >= 0.6 is 0 Å². The Balaban J connectivity index is 2.29. The van der Waals surface area contributed by atoms with Crippen LogP contribution in [-0.4, -0.2) is 30.1 Å². The molecule has 3 nitrogen and oxygen atoms in total. The van der Waals surface area contributed by atoms with Crippen LogP contribution in [0.2, 0.25) is 0 Å². The molecule has 0 N–H and O–H groups in total. The van der Waals surface area contributed by atoms with Crippen LogP contribution in [0.5, 0.6) is 0 Å². The van der Waals surface area contributed by atoms with Gasteiger partial charge in [0.25, 0.3) is 0 Å². The molecule has 2 aromatic carbocycles. The molecule has 0 aliphatic heterocycles. The van der Waals surface area contributed by atoms with Crippen LogP contribution in [0.1, 0.15) is 11.1 Å². The van der Waals surface area contributed by atoms with Crippen LogP contribution in [0, 0.1) is 0 Å². The lowest BCUT2D eigenvalue weighted by Crippen LogP contribution is -2.54. The minimum absolute atomic E-state index is 0.930. The summed E-state index contributed by atoms with van der Waals surface area (Å²) >= 11 is 0. The monoisotopic (exact) mass is 300 g/mol. The van der Waals surface area contributed by atoms with Crippen LogP contribution in [0.4, 0.5) is 0 Å². The van der Waals surface area contributed by atoms with Crippen LogP contribution in [-0.2, 0) is 13.3 Å². The molecule has 0 fully saturated rings. The van der Waals surface area contributed by atoms with E-state index in [-0.39, 0.29) is 0 Å². The van der Waals surface area contributed by atoms with Gasteiger partial charge in [0.1, 0.15) is 0 Å². The predicted molar refractivity (Wildman–Crippen MR) is 87.4 cm³/mol. The van der Waals surface area contributed by atoms with E-state index >= 15 is 0 Å². The first kappa shape index (κ1) is 15.7. The van der Waals surface area contributed by atoms with Gasteiger partial charge in [-0.2, -0.15) is 0 Å². The smallest absolute Gasteiger partial charge is 0.373 e. The maximum Gasteiger partial charge on any atom is 0.536 e. The maximum absolute atomic E-state index is 5.48. The van der Waals surface area contributed by atoms with E-state index in [9.17, 15) is 0 Å². The molecular weight excluding hydrogens is 280 g/mol. The Morgan fingerprint density at radius 2 is 1.24 bits per heavy atom. The van der Waals surface area contributed by atoms with Crippen LogP contribution in [0.25, 0.3) is 5.57 Å². The van der Waals surface area contributed by atoms with Crippen molar-refractivity contribution in [1.29, 1.82) is 0 Å². The van der Waals surface area contributed by atoms with Gasteiger partial charge in [-0.1, -0.05) is 61.2 Å². The summed E-state index contributed by atoms with van der Waals surface area (Å²) in [6.45, 7) is 4.17. The summed E-state index contributed by atoms with van der Waals surface area (Å²) in [4.78, 5) is 0. The predicted octanol–water partition coefficient (Wildman–Crippen LogP) is 2.83. The van der Waals surface area contributed by atoms with Gasteiger partial charge < -0.3 is 13.3 Å². The largest absolute Gasteiger partial charge is 0.536 e. The third kappa shape index (κ3) is 3.14. The zero-order chi connectivity index (χ0) is 15.3. The number of hydrogen-bond donors (Lipinski definition) is 0. The Kier molecular flexibility index (Phi) is 5.09. The Morgan fingerprint density at radius 3 is 1.71 bits per heavy atom. The third-order valence-electron chi connectivity index (χ3n) is 3.52. The summed E-state index contributed by atoms with van der Waals surface area (Å²) in [6, 6.07) is 18.1. The van der Waals surface area contributed by atoms with Crippen molar-refractivity contribution >= 4 is 19.6 Å². The highest BCUT2D eigenvalue weighted by Gasteiger charge is 2.40. The molecule has 110 valence electrons. The van der Waals surface area contributed by atoms with Crippen molar-refractivity contribution in [3.8, 4) is 0 Å². The summed E-state index contributed by atoms with van der Waals surface area (Å²) < 4.78 is 16.4. The molecule has 2 aromatic rings. The van der Waals surface area contributed by atoms with E-state index in [1.165, 1.54) is 0 Å². The average Bonchev–Trinajstić information content (AvgIpc) is 2.58. The highest BCUT2D eigenvalue weighted by molar-refractivity contribution is 6.75. The molecule has 0 spiro atoms. The lowest BCUT2D eigenvalue weighted by atomic mass is 10.00. The van der Waals surface area contributed by atoms with Crippen molar-refractivity contribution in [2.45, 2.75) is 0 Å². The Morgan fingerprint density at radius 1 is 0.762 bits per heavy atom. The standard InChI is InChI=1S/C17H20O3Si/c1-14(15-8-6-5-7-9-15)16-10-12-17(13-11-16)21(18-2,19-3)20-4/h5-13H,1H2,2-4H3. The lowest BCUT2D eigenvalue weighted by Gasteiger charge is -2.24. The second kappa shape index (κ2) is 6.82. The molecule has 0 atom stereocenters.